The van der Waals surface area contributed by atoms with Crippen molar-refractivity contribution in [2.45, 2.75) is 31.6 Å². The lowest BCUT2D eigenvalue weighted by molar-refractivity contribution is -0.139. The summed E-state index contributed by atoms with van der Waals surface area (Å²) in [6.45, 7) is 0.734. The van der Waals surface area contributed by atoms with Gasteiger partial charge in [-0.15, -0.1) is 11.3 Å². The van der Waals surface area contributed by atoms with E-state index in [9.17, 15) is 9.90 Å². The molecule has 0 aliphatic heterocycles. The predicted molar refractivity (Wildman–Crippen MR) is 76.3 cm³/mol. The number of carboxylic acid groups (broad SMARTS) is 1. The van der Waals surface area contributed by atoms with Crippen LogP contribution in [-0.4, -0.2) is 22.6 Å². The Labute approximate surface area is 120 Å². The molecule has 1 aliphatic rings. The third-order valence-electron chi connectivity index (χ3n) is 3.48. The number of thiazole rings is 1. The van der Waals surface area contributed by atoms with Crippen LogP contribution in [0.3, 0.4) is 0 Å². The van der Waals surface area contributed by atoms with Gasteiger partial charge in [0.05, 0.1) is 12.0 Å². The van der Waals surface area contributed by atoms with Crippen LogP contribution in [0.25, 0.3) is 0 Å². The zero-order valence-corrected chi connectivity index (χ0v) is 11.8. The van der Waals surface area contributed by atoms with Crippen LogP contribution in [-0.2, 0) is 17.6 Å². The van der Waals surface area contributed by atoms with E-state index in [2.05, 4.69) is 10.3 Å². The predicted octanol–water partition coefficient (Wildman–Crippen LogP) is 2.90. The van der Waals surface area contributed by atoms with Gasteiger partial charge in [-0.1, -0.05) is 0 Å². The second-order valence-electron chi connectivity index (χ2n) is 4.87. The van der Waals surface area contributed by atoms with E-state index in [1.165, 1.54) is 0 Å². The van der Waals surface area contributed by atoms with Gasteiger partial charge >= 0.3 is 5.97 Å². The van der Waals surface area contributed by atoms with Gasteiger partial charge in [0, 0.05) is 17.8 Å². The van der Waals surface area contributed by atoms with E-state index in [0.717, 1.165) is 47.3 Å². The van der Waals surface area contributed by atoms with Crippen LogP contribution in [0.2, 0.25) is 0 Å². The van der Waals surface area contributed by atoms with Gasteiger partial charge in [-0.3, -0.25) is 4.79 Å². The summed E-state index contributed by atoms with van der Waals surface area (Å²) in [5.74, 6) is -0.267. The molecule has 20 heavy (non-hydrogen) atoms. The Morgan fingerprint density at radius 1 is 1.60 bits per heavy atom. The first-order chi connectivity index (χ1) is 9.74. The lowest BCUT2D eigenvalue weighted by Crippen LogP contribution is -2.17. The molecule has 1 aliphatic carbocycles. The molecular formula is C14H16N2O3S. The van der Waals surface area contributed by atoms with Crippen LogP contribution in [0.15, 0.2) is 22.8 Å². The first-order valence-corrected chi connectivity index (χ1v) is 7.54. The Bertz CT molecular complexity index is 592. The van der Waals surface area contributed by atoms with Crippen molar-refractivity contribution in [3.05, 3.63) is 34.7 Å². The van der Waals surface area contributed by atoms with Crippen LogP contribution < -0.4 is 5.32 Å². The van der Waals surface area contributed by atoms with E-state index in [-0.39, 0.29) is 0 Å². The summed E-state index contributed by atoms with van der Waals surface area (Å²) in [5.41, 5.74) is 0.759. The van der Waals surface area contributed by atoms with E-state index in [1.807, 2.05) is 12.1 Å². The molecule has 3 rings (SSSR count). The van der Waals surface area contributed by atoms with Crippen molar-refractivity contribution in [2.75, 3.05) is 11.9 Å². The van der Waals surface area contributed by atoms with E-state index < -0.39 is 11.9 Å². The molecule has 2 aromatic heterocycles. The number of fused-ring (bicyclic) bond motifs is 1. The highest BCUT2D eigenvalue weighted by atomic mass is 32.1. The number of anilines is 1. The van der Waals surface area contributed by atoms with Crippen LogP contribution in [0.1, 0.15) is 35.1 Å². The molecule has 0 saturated heterocycles. The Balaban J connectivity index is 1.65. The number of aliphatic carboxylic acids is 1. The Hall–Kier alpha value is -1.82. The molecule has 0 bridgehead atoms. The number of nitrogens with zero attached hydrogens (tertiary/aromatic N) is 1. The third-order valence-corrected chi connectivity index (χ3v) is 4.57. The topological polar surface area (TPSA) is 75.4 Å². The van der Waals surface area contributed by atoms with Gasteiger partial charge in [0.2, 0.25) is 0 Å². The van der Waals surface area contributed by atoms with Crippen molar-refractivity contribution in [2.24, 2.45) is 0 Å². The normalized spacial score (nSPS) is 17.7. The lowest BCUT2D eigenvalue weighted by atomic mass is 9.91. The van der Waals surface area contributed by atoms with Crippen LogP contribution in [0.4, 0.5) is 5.13 Å². The summed E-state index contributed by atoms with van der Waals surface area (Å²) < 4.78 is 5.27. The molecule has 0 saturated carbocycles. The van der Waals surface area contributed by atoms with Gasteiger partial charge < -0.3 is 14.8 Å². The Morgan fingerprint density at radius 3 is 3.25 bits per heavy atom. The quantitative estimate of drug-likeness (QED) is 0.886. The number of furan rings is 1. The average Bonchev–Trinajstić information content (AvgIpc) is 3.06. The van der Waals surface area contributed by atoms with Crippen molar-refractivity contribution in [3.8, 4) is 0 Å². The van der Waals surface area contributed by atoms with Gasteiger partial charge in [0.15, 0.2) is 5.13 Å². The number of carboxylic acids is 1. The molecular weight excluding hydrogens is 276 g/mol. The molecule has 0 amide bonds. The Morgan fingerprint density at radius 2 is 2.50 bits per heavy atom. The molecule has 0 radical (unpaired) electrons. The van der Waals surface area contributed by atoms with Gasteiger partial charge in [0.1, 0.15) is 11.7 Å². The van der Waals surface area contributed by atoms with Gasteiger partial charge in [-0.25, -0.2) is 4.98 Å². The van der Waals surface area contributed by atoms with Crippen molar-refractivity contribution in [3.63, 3.8) is 0 Å². The van der Waals surface area contributed by atoms with E-state index in [0.29, 0.717) is 6.42 Å². The number of aromatic nitrogens is 1. The smallest absolute Gasteiger partial charge is 0.312 e. The van der Waals surface area contributed by atoms with Crippen molar-refractivity contribution in [1.82, 2.24) is 4.98 Å². The first-order valence-electron chi connectivity index (χ1n) is 6.72. The molecule has 0 aromatic carbocycles. The second-order valence-corrected chi connectivity index (χ2v) is 5.95. The number of rotatable bonds is 5. The maximum atomic E-state index is 11.2. The SMILES string of the molecule is O=C(O)C1CCCc2sc(NCCc3ccco3)nc21. The number of nitrogens with one attached hydrogen (secondary N) is 1. The minimum Gasteiger partial charge on any atom is -0.481 e. The summed E-state index contributed by atoms with van der Waals surface area (Å²) in [5, 5.41) is 13.3. The fourth-order valence-electron chi connectivity index (χ4n) is 2.48. The molecule has 2 heterocycles. The maximum Gasteiger partial charge on any atom is 0.312 e. The number of hydrogen-bond donors (Lipinski definition) is 2. The monoisotopic (exact) mass is 292 g/mol. The third kappa shape index (κ3) is 2.70. The molecule has 0 fully saturated rings. The van der Waals surface area contributed by atoms with E-state index in [1.54, 1.807) is 17.6 Å². The van der Waals surface area contributed by atoms with Crippen molar-refractivity contribution in [1.29, 1.82) is 0 Å². The number of hydrogen-bond acceptors (Lipinski definition) is 5. The summed E-state index contributed by atoms with van der Waals surface area (Å²) in [6.07, 6.45) is 5.01. The second kappa shape index (κ2) is 5.66. The highest BCUT2D eigenvalue weighted by Crippen LogP contribution is 2.36. The standard InChI is InChI=1S/C14H16N2O3S/c17-13(18)10-4-1-5-11-12(10)16-14(20-11)15-7-6-9-3-2-8-19-9/h2-3,8,10H,1,4-7H2,(H,15,16)(H,17,18). The zero-order valence-electron chi connectivity index (χ0n) is 11.0. The van der Waals surface area contributed by atoms with Crippen molar-refractivity contribution >= 4 is 22.4 Å². The van der Waals surface area contributed by atoms with Crippen LogP contribution in [0, 0.1) is 0 Å². The minimum absolute atomic E-state index is 0.435. The highest BCUT2D eigenvalue weighted by Gasteiger charge is 2.29. The summed E-state index contributed by atoms with van der Waals surface area (Å²) in [7, 11) is 0. The zero-order chi connectivity index (χ0) is 13.9. The van der Waals surface area contributed by atoms with Gasteiger partial charge in [0.25, 0.3) is 0 Å². The first kappa shape index (κ1) is 13.2. The van der Waals surface area contributed by atoms with Crippen LogP contribution in [0.5, 0.6) is 0 Å². The molecule has 0 spiro atoms. The average molecular weight is 292 g/mol. The largest absolute Gasteiger partial charge is 0.481 e. The summed E-state index contributed by atoms with van der Waals surface area (Å²) in [6, 6.07) is 3.81. The highest BCUT2D eigenvalue weighted by molar-refractivity contribution is 7.15. The molecule has 2 N–H and O–H groups in total. The van der Waals surface area contributed by atoms with Gasteiger partial charge in [-0.2, -0.15) is 0 Å². The Kier molecular flexibility index (Phi) is 3.73. The molecule has 1 atom stereocenters. The molecule has 2 aromatic rings. The molecule has 6 heteroatoms. The van der Waals surface area contributed by atoms with Gasteiger partial charge in [-0.05, 0) is 31.4 Å². The number of aryl methyl sites for hydroxylation is 1. The molecule has 106 valence electrons. The summed E-state index contributed by atoms with van der Waals surface area (Å²) >= 11 is 1.58. The fourth-order valence-corrected chi connectivity index (χ4v) is 3.57. The number of carbonyl (C=O) groups is 1. The lowest BCUT2D eigenvalue weighted by Gasteiger charge is -2.16. The minimum atomic E-state index is -0.765. The fraction of sp³-hybridized carbons (Fsp3) is 0.429. The maximum absolute atomic E-state index is 11.2. The van der Waals surface area contributed by atoms with Crippen molar-refractivity contribution < 1.29 is 14.3 Å². The van der Waals surface area contributed by atoms with E-state index in [4.69, 9.17) is 4.42 Å². The molecule has 1 unspecified atom stereocenters. The molecule has 5 nitrogen and oxygen atoms in total. The van der Waals surface area contributed by atoms with Crippen LogP contribution >= 0.6 is 11.3 Å². The van der Waals surface area contributed by atoms with E-state index >= 15 is 0 Å². The summed E-state index contributed by atoms with van der Waals surface area (Å²) in [4.78, 5) is 16.8.